The van der Waals surface area contributed by atoms with Gasteiger partial charge in [-0.15, -0.1) is 0 Å². The number of urea groups is 1. The molecule has 7 heteroatoms. The average Bonchev–Trinajstić information content (AvgIpc) is 3.05. The zero-order valence-electron chi connectivity index (χ0n) is 17.5. The Morgan fingerprint density at radius 3 is 2.37 bits per heavy atom. The fourth-order valence-electron chi connectivity index (χ4n) is 3.47. The lowest BCUT2D eigenvalue weighted by molar-refractivity contribution is -0.121. The molecule has 1 heterocycles. The van der Waals surface area contributed by atoms with E-state index in [-0.39, 0.29) is 36.7 Å². The van der Waals surface area contributed by atoms with Crippen LogP contribution in [-0.4, -0.2) is 31.0 Å². The average molecular weight is 409 g/mol. The topological polar surface area (TPSA) is 87.7 Å². The van der Waals surface area contributed by atoms with Crippen LogP contribution in [0.2, 0.25) is 0 Å². The minimum absolute atomic E-state index is 0.00712. The Labute approximate surface area is 176 Å². The molecule has 7 nitrogen and oxygen atoms in total. The monoisotopic (exact) mass is 409 g/mol. The first-order chi connectivity index (χ1) is 14.4. The fourth-order valence-corrected chi connectivity index (χ4v) is 3.47. The molecule has 1 aliphatic rings. The van der Waals surface area contributed by atoms with Crippen LogP contribution in [0.5, 0.6) is 5.75 Å². The number of aryl methyl sites for hydroxylation is 2. The molecule has 1 aliphatic heterocycles. The molecule has 1 saturated heterocycles. The Morgan fingerprint density at radius 2 is 1.77 bits per heavy atom. The lowest BCUT2D eigenvalue weighted by atomic mass is 10.1. The summed E-state index contributed by atoms with van der Waals surface area (Å²) in [5.41, 5.74) is 3.11. The summed E-state index contributed by atoms with van der Waals surface area (Å²) in [6.07, 6.45) is 2.14. The van der Waals surface area contributed by atoms with E-state index in [1.54, 1.807) is 25.3 Å². The van der Waals surface area contributed by atoms with Crippen LogP contribution in [0, 0.1) is 6.92 Å². The summed E-state index contributed by atoms with van der Waals surface area (Å²) in [7, 11) is 1.64. The number of benzene rings is 2. The van der Waals surface area contributed by atoms with Crippen LogP contribution in [0.1, 0.15) is 37.3 Å². The van der Waals surface area contributed by atoms with Gasteiger partial charge in [0.05, 0.1) is 12.8 Å². The van der Waals surface area contributed by atoms with E-state index in [0.29, 0.717) is 11.4 Å². The smallest absolute Gasteiger partial charge is 0.319 e. The summed E-state index contributed by atoms with van der Waals surface area (Å²) in [6, 6.07) is 12.7. The molecule has 0 bridgehead atoms. The van der Waals surface area contributed by atoms with Gasteiger partial charge in [-0.05, 0) is 68.1 Å². The van der Waals surface area contributed by atoms with Crippen LogP contribution in [0.15, 0.2) is 42.5 Å². The fraction of sp³-hybridized carbons (Fsp3) is 0.348. The molecule has 3 rings (SSSR count). The number of nitrogens with one attached hydrogen (secondary N) is 2. The first-order valence-corrected chi connectivity index (χ1v) is 10.0. The summed E-state index contributed by atoms with van der Waals surface area (Å²) >= 11 is 0. The second kappa shape index (κ2) is 9.43. The summed E-state index contributed by atoms with van der Waals surface area (Å²) in [4.78, 5) is 37.4. The predicted octanol–water partition coefficient (Wildman–Crippen LogP) is 3.80. The van der Waals surface area contributed by atoms with E-state index in [1.807, 2.05) is 38.1 Å². The summed E-state index contributed by atoms with van der Waals surface area (Å²) < 4.78 is 5.16. The zero-order valence-corrected chi connectivity index (χ0v) is 17.5. The van der Waals surface area contributed by atoms with Gasteiger partial charge in [0.15, 0.2) is 0 Å². The molecule has 0 spiro atoms. The van der Waals surface area contributed by atoms with Crippen molar-refractivity contribution in [3.63, 3.8) is 0 Å². The molecule has 0 aliphatic carbocycles. The Kier molecular flexibility index (Phi) is 6.72. The molecule has 158 valence electrons. The van der Waals surface area contributed by atoms with Crippen molar-refractivity contribution in [3.05, 3.63) is 53.6 Å². The number of anilines is 2. The van der Waals surface area contributed by atoms with E-state index in [4.69, 9.17) is 4.74 Å². The van der Waals surface area contributed by atoms with Gasteiger partial charge in [0, 0.05) is 24.6 Å². The number of hydrogen-bond acceptors (Lipinski definition) is 4. The van der Waals surface area contributed by atoms with Crippen molar-refractivity contribution in [1.29, 1.82) is 0 Å². The number of hydrogen-bond donors (Lipinski definition) is 2. The maximum Gasteiger partial charge on any atom is 0.319 e. The van der Waals surface area contributed by atoms with Crippen LogP contribution < -0.4 is 20.3 Å². The largest absolute Gasteiger partial charge is 0.497 e. The summed E-state index contributed by atoms with van der Waals surface area (Å²) in [5, 5.41) is 5.74. The predicted molar refractivity (Wildman–Crippen MR) is 116 cm³/mol. The third kappa shape index (κ3) is 5.17. The second-order valence-electron chi connectivity index (χ2n) is 7.51. The first-order valence-electron chi connectivity index (χ1n) is 10.0. The van der Waals surface area contributed by atoms with Crippen LogP contribution in [-0.2, 0) is 16.0 Å². The van der Waals surface area contributed by atoms with Gasteiger partial charge in [0.2, 0.25) is 11.8 Å². The minimum Gasteiger partial charge on any atom is -0.497 e. The molecule has 1 fully saturated rings. The standard InChI is InChI=1S/C23H27N3O4/c1-15-14-18(8-11-20(15)26-21(27)12-13-22(26)28)25-23(29)24-16(2)4-5-17-6-9-19(30-3)10-7-17/h6-11,14,16H,4-5,12-13H2,1-3H3,(H2,24,25,29). The Hall–Kier alpha value is -3.35. The highest BCUT2D eigenvalue weighted by molar-refractivity contribution is 6.20. The minimum atomic E-state index is -0.294. The highest BCUT2D eigenvalue weighted by atomic mass is 16.5. The molecular formula is C23H27N3O4. The lowest BCUT2D eigenvalue weighted by Gasteiger charge is -2.18. The van der Waals surface area contributed by atoms with Gasteiger partial charge in [0.25, 0.3) is 0 Å². The Bertz CT molecular complexity index is 924. The van der Waals surface area contributed by atoms with E-state index < -0.39 is 0 Å². The molecule has 0 radical (unpaired) electrons. The van der Waals surface area contributed by atoms with Gasteiger partial charge < -0.3 is 15.4 Å². The number of carbonyl (C=O) groups is 3. The summed E-state index contributed by atoms with van der Waals surface area (Å²) in [5.74, 6) is 0.448. The maximum atomic E-state index is 12.3. The molecule has 2 aromatic rings. The number of rotatable bonds is 7. The molecule has 0 aromatic heterocycles. The number of methoxy groups -OCH3 is 1. The van der Waals surface area contributed by atoms with E-state index in [0.717, 1.165) is 24.2 Å². The van der Waals surface area contributed by atoms with Crippen molar-refractivity contribution < 1.29 is 19.1 Å². The number of carbonyl (C=O) groups excluding carboxylic acids is 3. The lowest BCUT2D eigenvalue weighted by Crippen LogP contribution is -2.36. The molecule has 2 N–H and O–H groups in total. The number of amides is 4. The van der Waals surface area contributed by atoms with Crippen LogP contribution in [0.3, 0.4) is 0 Å². The van der Waals surface area contributed by atoms with Crippen molar-refractivity contribution in [2.24, 2.45) is 0 Å². The van der Waals surface area contributed by atoms with Crippen molar-refractivity contribution >= 4 is 29.2 Å². The van der Waals surface area contributed by atoms with Gasteiger partial charge in [0.1, 0.15) is 5.75 Å². The number of nitrogens with zero attached hydrogens (tertiary/aromatic N) is 1. The molecule has 1 atom stereocenters. The second-order valence-corrected chi connectivity index (χ2v) is 7.51. The van der Waals surface area contributed by atoms with Crippen molar-refractivity contribution in [2.75, 3.05) is 17.3 Å². The molecular weight excluding hydrogens is 382 g/mol. The third-order valence-electron chi connectivity index (χ3n) is 5.15. The van der Waals surface area contributed by atoms with Gasteiger partial charge in [-0.2, -0.15) is 0 Å². The van der Waals surface area contributed by atoms with E-state index in [9.17, 15) is 14.4 Å². The van der Waals surface area contributed by atoms with Crippen LogP contribution in [0.25, 0.3) is 0 Å². The zero-order chi connectivity index (χ0) is 21.7. The van der Waals surface area contributed by atoms with Gasteiger partial charge in [-0.25, -0.2) is 4.79 Å². The normalized spacial score (nSPS) is 14.6. The van der Waals surface area contributed by atoms with Gasteiger partial charge in [-0.3, -0.25) is 14.5 Å². The van der Waals surface area contributed by atoms with E-state index in [1.165, 1.54) is 10.5 Å². The third-order valence-corrected chi connectivity index (χ3v) is 5.15. The molecule has 1 unspecified atom stereocenters. The van der Waals surface area contributed by atoms with Crippen LogP contribution in [0.4, 0.5) is 16.2 Å². The molecule has 0 saturated carbocycles. The Balaban J connectivity index is 1.52. The van der Waals surface area contributed by atoms with E-state index >= 15 is 0 Å². The van der Waals surface area contributed by atoms with Crippen molar-refractivity contribution in [1.82, 2.24) is 5.32 Å². The first kappa shape index (κ1) is 21.4. The number of imide groups is 1. The highest BCUT2D eigenvalue weighted by Crippen LogP contribution is 2.28. The van der Waals surface area contributed by atoms with E-state index in [2.05, 4.69) is 10.6 Å². The SMILES string of the molecule is COc1ccc(CCC(C)NC(=O)Nc2ccc(N3C(=O)CCC3=O)c(C)c2)cc1. The Morgan fingerprint density at radius 1 is 1.10 bits per heavy atom. The van der Waals surface area contributed by atoms with Gasteiger partial charge in [-0.1, -0.05) is 12.1 Å². The summed E-state index contributed by atoms with van der Waals surface area (Å²) in [6.45, 7) is 3.77. The highest BCUT2D eigenvalue weighted by Gasteiger charge is 2.31. The molecule has 4 amide bonds. The quantitative estimate of drug-likeness (QED) is 0.681. The van der Waals surface area contributed by atoms with Crippen molar-refractivity contribution in [3.8, 4) is 5.75 Å². The molecule has 2 aromatic carbocycles. The van der Waals surface area contributed by atoms with Crippen LogP contribution >= 0.6 is 0 Å². The molecule has 30 heavy (non-hydrogen) atoms. The number of ether oxygens (including phenoxy) is 1. The van der Waals surface area contributed by atoms with Crippen molar-refractivity contribution in [2.45, 2.75) is 45.6 Å². The maximum absolute atomic E-state index is 12.3. The van der Waals surface area contributed by atoms with Gasteiger partial charge >= 0.3 is 6.03 Å².